The van der Waals surface area contributed by atoms with E-state index in [1.165, 1.54) is 12.3 Å². The molecule has 1 aromatic heterocycles. The first-order valence-electron chi connectivity index (χ1n) is 4.49. The molecule has 2 nitrogen and oxygen atoms in total. The summed E-state index contributed by atoms with van der Waals surface area (Å²) in [7, 11) is 0. The molecule has 2 aromatic rings. The van der Waals surface area contributed by atoms with Gasteiger partial charge in [0.15, 0.2) is 0 Å². The van der Waals surface area contributed by atoms with Crippen molar-refractivity contribution in [1.29, 1.82) is 0 Å². The van der Waals surface area contributed by atoms with Gasteiger partial charge >= 0.3 is 0 Å². The van der Waals surface area contributed by atoms with E-state index < -0.39 is 5.95 Å². The summed E-state index contributed by atoms with van der Waals surface area (Å²) in [5.41, 5.74) is 1.42. The maximum absolute atomic E-state index is 12.8. The third-order valence-corrected chi connectivity index (χ3v) is 3.17. The van der Waals surface area contributed by atoms with Gasteiger partial charge in [0.2, 0.25) is 5.95 Å². The molecule has 16 heavy (non-hydrogen) atoms. The summed E-state index contributed by atoms with van der Waals surface area (Å²) in [6, 6.07) is 8.41. The van der Waals surface area contributed by atoms with Crippen LogP contribution < -0.4 is 5.32 Å². The number of halogens is 3. The molecule has 0 fully saturated rings. The molecule has 0 aliphatic heterocycles. The van der Waals surface area contributed by atoms with Crippen molar-refractivity contribution in [2.45, 2.75) is 0 Å². The summed E-state index contributed by atoms with van der Waals surface area (Å²) in [5.74, 6) is -0.520. The zero-order valence-electron chi connectivity index (χ0n) is 8.05. The third-order valence-electron chi connectivity index (χ3n) is 1.93. The molecule has 0 aliphatic rings. The van der Waals surface area contributed by atoms with Gasteiger partial charge in [-0.25, -0.2) is 4.98 Å². The zero-order valence-corrected chi connectivity index (χ0v) is 10.4. The average Bonchev–Trinajstić information content (AvgIpc) is 2.24. The summed E-state index contributed by atoms with van der Waals surface area (Å²) in [6.07, 6.45) is 1.40. The van der Waals surface area contributed by atoms with E-state index in [-0.39, 0.29) is 0 Å². The maximum Gasteiger partial charge on any atom is 0.214 e. The Hall–Kier alpha value is -1.13. The lowest BCUT2D eigenvalue weighted by Gasteiger charge is -2.07. The first-order valence-corrected chi connectivity index (χ1v) is 5.66. The minimum Gasteiger partial charge on any atom is -0.355 e. The van der Waals surface area contributed by atoms with E-state index in [2.05, 4.69) is 26.2 Å². The van der Waals surface area contributed by atoms with Crippen molar-refractivity contribution >= 4 is 38.9 Å². The Kier molecular flexibility index (Phi) is 3.41. The van der Waals surface area contributed by atoms with Gasteiger partial charge in [0.05, 0.1) is 5.02 Å². The standard InChI is InChI=1S/C11H7BrClFN2/c12-9-2-1-7(5-10(9)13)16-8-3-4-15-11(14)6-8/h1-6H,(H,15,16). The first-order chi connectivity index (χ1) is 7.65. The van der Waals surface area contributed by atoms with Crippen molar-refractivity contribution in [1.82, 2.24) is 4.98 Å². The Morgan fingerprint density at radius 2 is 1.94 bits per heavy atom. The molecule has 0 saturated carbocycles. The van der Waals surface area contributed by atoms with E-state index in [1.54, 1.807) is 12.1 Å². The number of benzene rings is 1. The molecule has 1 N–H and O–H groups in total. The highest BCUT2D eigenvalue weighted by atomic mass is 79.9. The molecule has 0 atom stereocenters. The normalized spacial score (nSPS) is 10.2. The van der Waals surface area contributed by atoms with Crippen LogP contribution in [-0.2, 0) is 0 Å². The Labute approximate surface area is 106 Å². The number of rotatable bonds is 2. The highest BCUT2D eigenvalue weighted by molar-refractivity contribution is 9.10. The van der Waals surface area contributed by atoms with Gasteiger partial charge in [0.25, 0.3) is 0 Å². The van der Waals surface area contributed by atoms with Crippen LogP contribution in [0.25, 0.3) is 0 Å². The monoisotopic (exact) mass is 300 g/mol. The number of hydrogen-bond acceptors (Lipinski definition) is 2. The molecule has 82 valence electrons. The Bertz CT molecular complexity index is 519. The summed E-state index contributed by atoms with van der Waals surface area (Å²) >= 11 is 9.23. The average molecular weight is 302 g/mol. The van der Waals surface area contributed by atoms with Gasteiger partial charge in [0.1, 0.15) is 0 Å². The van der Waals surface area contributed by atoms with E-state index in [1.807, 2.05) is 12.1 Å². The number of anilines is 2. The van der Waals surface area contributed by atoms with Gasteiger partial charge < -0.3 is 5.32 Å². The van der Waals surface area contributed by atoms with Crippen molar-refractivity contribution in [2.24, 2.45) is 0 Å². The van der Waals surface area contributed by atoms with Crippen LogP contribution in [-0.4, -0.2) is 4.98 Å². The van der Waals surface area contributed by atoms with Crippen LogP contribution in [0.3, 0.4) is 0 Å². The summed E-state index contributed by atoms with van der Waals surface area (Å²) in [4.78, 5) is 3.47. The molecule has 2 rings (SSSR count). The second-order valence-electron chi connectivity index (χ2n) is 3.12. The minimum atomic E-state index is -0.520. The lowest BCUT2D eigenvalue weighted by molar-refractivity contribution is 0.584. The van der Waals surface area contributed by atoms with E-state index in [9.17, 15) is 4.39 Å². The van der Waals surface area contributed by atoms with Crippen LogP contribution in [0.5, 0.6) is 0 Å². The zero-order chi connectivity index (χ0) is 11.5. The molecule has 0 radical (unpaired) electrons. The molecule has 0 saturated heterocycles. The third kappa shape index (κ3) is 2.71. The van der Waals surface area contributed by atoms with E-state index >= 15 is 0 Å². The second kappa shape index (κ2) is 4.80. The van der Waals surface area contributed by atoms with Crippen molar-refractivity contribution in [2.75, 3.05) is 5.32 Å². The fraction of sp³-hybridized carbons (Fsp3) is 0. The lowest BCUT2D eigenvalue weighted by atomic mass is 10.3. The van der Waals surface area contributed by atoms with Gasteiger partial charge in [-0.1, -0.05) is 11.6 Å². The van der Waals surface area contributed by atoms with Gasteiger partial charge in [-0.2, -0.15) is 4.39 Å². The summed E-state index contributed by atoms with van der Waals surface area (Å²) in [5, 5.41) is 3.62. The molecule has 0 unspecified atom stereocenters. The van der Waals surface area contributed by atoms with E-state index in [4.69, 9.17) is 11.6 Å². The van der Waals surface area contributed by atoms with E-state index in [0.29, 0.717) is 10.7 Å². The predicted molar refractivity (Wildman–Crippen MR) is 66.6 cm³/mol. The molecular formula is C11H7BrClFN2. The number of nitrogens with one attached hydrogen (secondary N) is 1. The summed E-state index contributed by atoms with van der Waals surface area (Å²) in [6.45, 7) is 0. The quantitative estimate of drug-likeness (QED) is 0.833. The van der Waals surface area contributed by atoms with Crippen LogP contribution in [0.1, 0.15) is 0 Å². The molecule has 5 heteroatoms. The highest BCUT2D eigenvalue weighted by Gasteiger charge is 2.00. The highest BCUT2D eigenvalue weighted by Crippen LogP contribution is 2.27. The number of hydrogen-bond donors (Lipinski definition) is 1. The Balaban J connectivity index is 2.24. The Morgan fingerprint density at radius 3 is 2.62 bits per heavy atom. The molecule has 0 spiro atoms. The van der Waals surface area contributed by atoms with Gasteiger partial charge in [-0.15, -0.1) is 0 Å². The van der Waals surface area contributed by atoms with Crippen LogP contribution >= 0.6 is 27.5 Å². The molecule has 1 aromatic carbocycles. The largest absolute Gasteiger partial charge is 0.355 e. The topological polar surface area (TPSA) is 24.9 Å². The Morgan fingerprint density at radius 1 is 1.19 bits per heavy atom. The molecule has 0 amide bonds. The molecular weight excluding hydrogens is 294 g/mol. The second-order valence-corrected chi connectivity index (χ2v) is 4.38. The van der Waals surface area contributed by atoms with Crippen LogP contribution in [0, 0.1) is 5.95 Å². The van der Waals surface area contributed by atoms with Crippen molar-refractivity contribution in [3.8, 4) is 0 Å². The maximum atomic E-state index is 12.8. The molecule has 0 bridgehead atoms. The molecule has 0 aliphatic carbocycles. The van der Waals surface area contributed by atoms with Crippen molar-refractivity contribution in [3.63, 3.8) is 0 Å². The van der Waals surface area contributed by atoms with Gasteiger partial charge in [-0.3, -0.25) is 0 Å². The minimum absolute atomic E-state index is 0.520. The summed E-state index contributed by atoms with van der Waals surface area (Å²) < 4.78 is 13.6. The van der Waals surface area contributed by atoms with Crippen LogP contribution in [0.2, 0.25) is 5.02 Å². The molecule has 1 heterocycles. The first kappa shape index (κ1) is 11.4. The predicted octanol–water partition coefficient (Wildman–Crippen LogP) is 4.38. The fourth-order valence-electron chi connectivity index (χ4n) is 1.22. The number of pyridine rings is 1. The fourth-order valence-corrected chi connectivity index (χ4v) is 1.65. The van der Waals surface area contributed by atoms with Gasteiger partial charge in [-0.05, 0) is 40.2 Å². The smallest absolute Gasteiger partial charge is 0.214 e. The van der Waals surface area contributed by atoms with E-state index in [0.717, 1.165) is 10.2 Å². The lowest BCUT2D eigenvalue weighted by Crippen LogP contribution is -1.92. The van der Waals surface area contributed by atoms with Gasteiger partial charge in [0, 0.05) is 28.1 Å². The van der Waals surface area contributed by atoms with Crippen molar-refractivity contribution in [3.05, 3.63) is 52.0 Å². The number of aromatic nitrogens is 1. The van der Waals surface area contributed by atoms with Crippen LogP contribution in [0.15, 0.2) is 41.0 Å². The van der Waals surface area contributed by atoms with Crippen molar-refractivity contribution < 1.29 is 4.39 Å². The SMILES string of the molecule is Fc1cc(Nc2ccc(Br)c(Cl)c2)ccn1. The van der Waals surface area contributed by atoms with Crippen LogP contribution in [0.4, 0.5) is 15.8 Å². The number of nitrogens with zero attached hydrogens (tertiary/aromatic N) is 1.